The van der Waals surface area contributed by atoms with Gasteiger partial charge in [-0.3, -0.25) is 14.9 Å². The third-order valence-corrected chi connectivity index (χ3v) is 5.23. The van der Waals surface area contributed by atoms with E-state index in [9.17, 15) is 14.9 Å². The Morgan fingerprint density at radius 1 is 1.10 bits per heavy atom. The van der Waals surface area contributed by atoms with Crippen LogP contribution in [0.5, 0.6) is 0 Å². The smallest absolute Gasteiger partial charge is 0.270 e. The lowest BCUT2D eigenvalue weighted by Gasteiger charge is -2.30. The van der Waals surface area contributed by atoms with E-state index in [1.807, 2.05) is 11.0 Å². The van der Waals surface area contributed by atoms with Crippen LogP contribution in [0, 0.1) is 10.1 Å². The quantitative estimate of drug-likeness (QED) is 0.611. The summed E-state index contributed by atoms with van der Waals surface area (Å²) in [4.78, 5) is 32.6. The van der Waals surface area contributed by atoms with E-state index in [1.165, 1.54) is 12.1 Å². The van der Waals surface area contributed by atoms with Gasteiger partial charge in [0.25, 0.3) is 11.6 Å². The van der Waals surface area contributed by atoms with Crippen LogP contribution in [0.3, 0.4) is 0 Å². The Bertz CT molecular complexity index is 907. The average molecular weight is 397 g/mol. The molecule has 9 heteroatoms. The van der Waals surface area contributed by atoms with Crippen molar-refractivity contribution in [1.82, 2.24) is 4.98 Å². The van der Waals surface area contributed by atoms with Crippen LogP contribution in [0.2, 0.25) is 0 Å². The first-order chi connectivity index (χ1) is 14.1. The maximum absolute atomic E-state index is 13.2. The van der Waals surface area contributed by atoms with Crippen LogP contribution in [0.25, 0.3) is 0 Å². The van der Waals surface area contributed by atoms with Crippen LogP contribution in [0.1, 0.15) is 23.2 Å². The molecule has 0 spiro atoms. The molecule has 29 heavy (non-hydrogen) atoms. The van der Waals surface area contributed by atoms with Gasteiger partial charge in [-0.25, -0.2) is 4.98 Å². The molecule has 9 nitrogen and oxygen atoms in total. The molecule has 1 N–H and O–H groups in total. The Morgan fingerprint density at radius 2 is 1.86 bits per heavy atom. The third kappa shape index (κ3) is 4.14. The number of hydrogen-bond acceptors (Lipinski definition) is 7. The summed E-state index contributed by atoms with van der Waals surface area (Å²) in [5.74, 6) is 0.348. The minimum atomic E-state index is -0.486. The zero-order chi connectivity index (χ0) is 20.2. The summed E-state index contributed by atoms with van der Waals surface area (Å²) in [7, 11) is 0. The van der Waals surface area contributed by atoms with E-state index in [0.717, 1.165) is 31.7 Å². The number of benzene rings is 1. The van der Waals surface area contributed by atoms with E-state index in [1.54, 1.807) is 18.3 Å². The number of morpholine rings is 1. The van der Waals surface area contributed by atoms with Crippen LogP contribution >= 0.6 is 0 Å². The van der Waals surface area contributed by atoms with Crippen molar-refractivity contribution < 1.29 is 14.5 Å². The van der Waals surface area contributed by atoms with Gasteiger partial charge < -0.3 is 19.9 Å². The van der Waals surface area contributed by atoms with Crippen LogP contribution < -0.4 is 15.1 Å². The number of nitrogens with zero attached hydrogens (tertiary/aromatic N) is 4. The van der Waals surface area contributed by atoms with Gasteiger partial charge in [0.2, 0.25) is 0 Å². The van der Waals surface area contributed by atoms with Gasteiger partial charge in [-0.15, -0.1) is 0 Å². The summed E-state index contributed by atoms with van der Waals surface area (Å²) in [6.45, 7) is 4.17. The van der Waals surface area contributed by atoms with Crippen LogP contribution in [-0.2, 0) is 4.74 Å². The second-order valence-electron chi connectivity index (χ2n) is 7.08. The van der Waals surface area contributed by atoms with Crippen molar-refractivity contribution in [2.45, 2.75) is 12.8 Å². The third-order valence-electron chi connectivity index (χ3n) is 5.23. The second-order valence-corrected chi connectivity index (χ2v) is 7.08. The Kier molecular flexibility index (Phi) is 5.57. The molecule has 2 saturated heterocycles. The molecule has 1 aromatic carbocycles. The predicted octanol–water partition coefficient (Wildman–Crippen LogP) is 2.68. The number of nitro groups is 1. The highest BCUT2D eigenvalue weighted by atomic mass is 16.6. The zero-order valence-corrected chi connectivity index (χ0v) is 16.0. The topological polar surface area (TPSA) is 101 Å². The van der Waals surface area contributed by atoms with Crippen LogP contribution in [-0.4, -0.2) is 55.2 Å². The van der Waals surface area contributed by atoms with Gasteiger partial charge in [0, 0.05) is 44.5 Å². The number of anilines is 3. The number of carbonyl (C=O) groups is 1. The fourth-order valence-electron chi connectivity index (χ4n) is 3.76. The van der Waals surface area contributed by atoms with Crippen molar-refractivity contribution >= 4 is 28.8 Å². The summed E-state index contributed by atoms with van der Waals surface area (Å²) in [5.41, 5.74) is 1.44. The number of amides is 1. The van der Waals surface area contributed by atoms with Crippen molar-refractivity contribution in [2.24, 2.45) is 0 Å². The highest BCUT2D eigenvalue weighted by Crippen LogP contribution is 2.30. The molecular formula is C20H23N5O4. The zero-order valence-electron chi connectivity index (χ0n) is 16.0. The molecule has 3 heterocycles. The van der Waals surface area contributed by atoms with Crippen LogP contribution in [0.15, 0.2) is 36.5 Å². The monoisotopic (exact) mass is 397 g/mol. The first-order valence-corrected chi connectivity index (χ1v) is 9.76. The van der Waals surface area contributed by atoms with E-state index < -0.39 is 4.92 Å². The molecule has 0 aliphatic carbocycles. The highest BCUT2D eigenvalue weighted by Gasteiger charge is 2.24. The maximum atomic E-state index is 13.2. The molecule has 0 bridgehead atoms. The van der Waals surface area contributed by atoms with Crippen molar-refractivity contribution in [1.29, 1.82) is 0 Å². The Morgan fingerprint density at radius 3 is 2.59 bits per heavy atom. The summed E-state index contributed by atoms with van der Waals surface area (Å²) >= 11 is 0. The number of ether oxygens (including phenoxy) is 1. The highest BCUT2D eigenvalue weighted by molar-refractivity contribution is 6.09. The number of non-ortho nitro benzene ring substituents is 1. The molecule has 4 rings (SSSR count). The lowest BCUT2D eigenvalue weighted by atomic mass is 10.1. The Balaban J connectivity index is 1.65. The van der Waals surface area contributed by atoms with Gasteiger partial charge in [-0.2, -0.15) is 0 Å². The molecule has 0 radical (unpaired) electrons. The molecule has 152 valence electrons. The van der Waals surface area contributed by atoms with Gasteiger partial charge in [0.05, 0.1) is 35.1 Å². The number of nitrogens with one attached hydrogen (secondary N) is 1. The fourth-order valence-corrected chi connectivity index (χ4v) is 3.76. The van der Waals surface area contributed by atoms with E-state index in [0.29, 0.717) is 37.7 Å². The minimum absolute atomic E-state index is 0.113. The Hall–Kier alpha value is -3.20. The molecule has 2 fully saturated rings. The predicted molar refractivity (Wildman–Crippen MR) is 110 cm³/mol. The van der Waals surface area contributed by atoms with Gasteiger partial charge in [0.1, 0.15) is 0 Å². The fraction of sp³-hybridized carbons (Fsp3) is 0.400. The van der Waals surface area contributed by atoms with Gasteiger partial charge in [-0.05, 0) is 31.0 Å². The number of carbonyl (C=O) groups excluding carboxylic acids is 1. The normalized spacial score (nSPS) is 16.7. The molecule has 0 unspecified atom stereocenters. The SMILES string of the molecule is O=C(Nc1cccnc1N1CCCC1)c1cc([N+](=O)[O-])ccc1N1CCOCC1. The largest absolute Gasteiger partial charge is 0.378 e. The average Bonchev–Trinajstić information content (AvgIpc) is 3.29. The molecule has 0 saturated carbocycles. The molecule has 1 amide bonds. The summed E-state index contributed by atoms with van der Waals surface area (Å²) in [6.07, 6.45) is 3.89. The van der Waals surface area contributed by atoms with Gasteiger partial charge in [0.15, 0.2) is 5.82 Å². The first kappa shape index (κ1) is 19.1. The van der Waals surface area contributed by atoms with E-state index in [2.05, 4.69) is 15.2 Å². The number of nitro benzene ring substituents is 1. The lowest BCUT2D eigenvalue weighted by Crippen LogP contribution is -2.37. The van der Waals surface area contributed by atoms with Crippen molar-refractivity contribution in [3.8, 4) is 0 Å². The van der Waals surface area contributed by atoms with Gasteiger partial charge in [-0.1, -0.05) is 0 Å². The summed E-state index contributed by atoms with van der Waals surface area (Å²) < 4.78 is 5.39. The summed E-state index contributed by atoms with van der Waals surface area (Å²) in [5, 5.41) is 14.2. The number of aromatic nitrogens is 1. The van der Waals surface area contributed by atoms with Crippen molar-refractivity contribution in [2.75, 3.05) is 54.5 Å². The lowest BCUT2D eigenvalue weighted by molar-refractivity contribution is -0.384. The molecule has 2 aliphatic heterocycles. The maximum Gasteiger partial charge on any atom is 0.270 e. The number of hydrogen-bond donors (Lipinski definition) is 1. The Labute approximate surface area is 168 Å². The van der Waals surface area contributed by atoms with Crippen LogP contribution in [0.4, 0.5) is 22.9 Å². The van der Waals surface area contributed by atoms with Gasteiger partial charge >= 0.3 is 0 Å². The van der Waals surface area contributed by atoms with Crippen molar-refractivity contribution in [3.63, 3.8) is 0 Å². The first-order valence-electron chi connectivity index (χ1n) is 9.76. The molecule has 2 aliphatic rings. The minimum Gasteiger partial charge on any atom is -0.378 e. The van der Waals surface area contributed by atoms with Crippen molar-refractivity contribution in [3.05, 3.63) is 52.2 Å². The molecule has 1 aromatic heterocycles. The molecule has 2 aromatic rings. The summed E-state index contributed by atoms with van der Waals surface area (Å²) in [6, 6.07) is 7.99. The van der Waals surface area contributed by atoms with E-state index >= 15 is 0 Å². The molecular weight excluding hydrogens is 374 g/mol. The van der Waals surface area contributed by atoms with E-state index in [4.69, 9.17) is 4.74 Å². The standard InChI is InChI=1S/C20H23N5O4/c26-20(22-17-4-3-7-21-19(17)24-8-1-2-9-24)16-14-15(25(27)28)5-6-18(16)23-10-12-29-13-11-23/h3-7,14H,1-2,8-13H2,(H,22,26). The second kappa shape index (κ2) is 8.44. The number of rotatable bonds is 5. The molecule has 0 atom stereocenters. The number of pyridine rings is 1. The van der Waals surface area contributed by atoms with E-state index in [-0.39, 0.29) is 17.2 Å².